The summed E-state index contributed by atoms with van der Waals surface area (Å²) in [6, 6.07) is 9.55. The molecule has 2 aliphatic carbocycles. The molecule has 3 unspecified atom stereocenters. The number of halogens is 1. The number of amides is 1. The van der Waals surface area contributed by atoms with Gasteiger partial charge in [-0.05, 0) is 69.3 Å². The van der Waals surface area contributed by atoms with Gasteiger partial charge >= 0.3 is 0 Å². The Labute approximate surface area is 164 Å². The molecule has 4 rings (SSSR count). The Bertz CT molecular complexity index is 603. The topological polar surface area (TPSA) is 46.3 Å². The molecule has 3 aliphatic rings. The van der Waals surface area contributed by atoms with Crippen molar-refractivity contribution in [2.75, 3.05) is 6.54 Å². The summed E-state index contributed by atoms with van der Waals surface area (Å²) in [6.07, 6.45) is 9.14. The molecule has 1 aromatic carbocycles. The summed E-state index contributed by atoms with van der Waals surface area (Å²) in [5.41, 5.74) is 9.08. The van der Waals surface area contributed by atoms with E-state index < -0.39 is 0 Å². The molecule has 2 saturated carbocycles. The van der Waals surface area contributed by atoms with E-state index in [1.807, 2.05) is 0 Å². The van der Waals surface area contributed by atoms with E-state index in [9.17, 15) is 4.79 Å². The molecule has 26 heavy (non-hydrogen) atoms. The van der Waals surface area contributed by atoms with Gasteiger partial charge in [-0.1, -0.05) is 36.2 Å². The Morgan fingerprint density at radius 3 is 2.38 bits per heavy atom. The highest BCUT2D eigenvalue weighted by Crippen LogP contribution is 2.43. The van der Waals surface area contributed by atoms with Crippen LogP contribution in [0.4, 0.5) is 0 Å². The van der Waals surface area contributed by atoms with Crippen LogP contribution in [0.5, 0.6) is 0 Å². The maximum Gasteiger partial charge on any atom is 0.225 e. The van der Waals surface area contributed by atoms with Crippen molar-refractivity contribution in [2.45, 2.75) is 70.4 Å². The number of nitrogens with zero attached hydrogens (tertiary/aromatic N) is 1. The summed E-state index contributed by atoms with van der Waals surface area (Å²) in [7, 11) is 0. The summed E-state index contributed by atoms with van der Waals surface area (Å²) < 4.78 is 0. The van der Waals surface area contributed by atoms with Crippen molar-refractivity contribution in [1.82, 2.24) is 4.90 Å². The molecule has 0 aromatic heterocycles. The number of rotatable bonds is 3. The molecule has 2 bridgehead atoms. The van der Waals surface area contributed by atoms with E-state index in [0.717, 1.165) is 38.6 Å². The van der Waals surface area contributed by atoms with Crippen LogP contribution in [0.15, 0.2) is 24.3 Å². The lowest BCUT2D eigenvalue weighted by molar-refractivity contribution is -0.139. The van der Waals surface area contributed by atoms with Crippen molar-refractivity contribution in [3.63, 3.8) is 0 Å². The molecule has 0 spiro atoms. The molecular formula is C22H33ClN2O. The Morgan fingerprint density at radius 1 is 1.08 bits per heavy atom. The summed E-state index contributed by atoms with van der Waals surface area (Å²) in [5.74, 6) is 1.83. The molecule has 0 radical (unpaired) electrons. The van der Waals surface area contributed by atoms with E-state index in [0.29, 0.717) is 29.8 Å². The molecule has 144 valence electrons. The second-order valence-corrected chi connectivity index (χ2v) is 8.71. The summed E-state index contributed by atoms with van der Waals surface area (Å²) >= 11 is 0. The number of hydrogen-bond acceptors (Lipinski definition) is 2. The third-order valence-corrected chi connectivity index (χ3v) is 7.01. The van der Waals surface area contributed by atoms with E-state index in [2.05, 4.69) is 36.1 Å². The SMILES string of the molecule is Cc1ccc(CC2CCCN2C(=O)C2CC3CCCC(C2)C3N)cc1.Cl. The van der Waals surface area contributed by atoms with E-state index in [4.69, 9.17) is 5.73 Å². The summed E-state index contributed by atoms with van der Waals surface area (Å²) in [6.45, 7) is 3.08. The Morgan fingerprint density at radius 2 is 1.73 bits per heavy atom. The van der Waals surface area contributed by atoms with Gasteiger partial charge in [-0.3, -0.25) is 4.79 Å². The van der Waals surface area contributed by atoms with Gasteiger partial charge in [-0.15, -0.1) is 12.4 Å². The van der Waals surface area contributed by atoms with Crippen LogP contribution in [-0.2, 0) is 11.2 Å². The van der Waals surface area contributed by atoms with Gasteiger partial charge in [0.05, 0.1) is 0 Å². The van der Waals surface area contributed by atoms with Crippen molar-refractivity contribution in [3.05, 3.63) is 35.4 Å². The summed E-state index contributed by atoms with van der Waals surface area (Å²) in [5, 5.41) is 0. The van der Waals surface area contributed by atoms with Gasteiger partial charge in [0.2, 0.25) is 5.91 Å². The van der Waals surface area contributed by atoms with Crippen molar-refractivity contribution >= 4 is 18.3 Å². The minimum absolute atomic E-state index is 0. The van der Waals surface area contributed by atoms with Crippen molar-refractivity contribution in [3.8, 4) is 0 Å². The molecular weight excluding hydrogens is 344 g/mol. The van der Waals surface area contributed by atoms with E-state index in [-0.39, 0.29) is 18.3 Å². The Hall–Kier alpha value is -1.06. The summed E-state index contributed by atoms with van der Waals surface area (Å²) in [4.78, 5) is 15.5. The van der Waals surface area contributed by atoms with Crippen LogP contribution in [0.1, 0.15) is 56.1 Å². The lowest BCUT2D eigenvalue weighted by Gasteiger charge is -2.44. The van der Waals surface area contributed by atoms with Gasteiger partial charge in [-0.2, -0.15) is 0 Å². The van der Waals surface area contributed by atoms with Gasteiger partial charge in [0.15, 0.2) is 0 Å². The fourth-order valence-corrected chi connectivity index (χ4v) is 5.56. The van der Waals surface area contributed by atoms with Gasteiger partial charge in [0.1, 0.15) is 0 Å². The average molecular weight is 377 g/mol. The molecule has 3 nitrogen and oxygen atoms in total. The number of benzene rings is 1. The first-order chi connectivity index (χ1) is 12.1. The normalized spacial score (nSPS) is 33.6. The minimum Gasteiger partial charge on any atom is -0.339 e. The Balaban J connectivity index is 0.00000196. The molecule has 4 heteroatoms. The second kappa shape index (κ2) is 8.31. The van der Waals surface area contributed by atoms with Crippen molar-refractivity contribution in [2.24, 2.45) is 23.5 Å². The standard InChI is InChI=1S/C22H32N2O.ClH/c1-15-7-9-16(10-8-15)12-20-6-3-11-24(20)22(25)19-13-17-4-2-5-18(14-19)21(17)23;/h7-10,17-21H,2-6,11-14,23H2,1H3;1H. The zero-order chi connectivity index (χ0) is 17.4. The predicted octanol–water partition coefficient (Wildman–Crippen LogP) is 4.10. The van der Waals surface area contributed by atoms with Crippen LogP contribution >= 0.6 is 12.4 Å². The smallest absolute Gasteiger partial charge is 0.225 e. The number of hydrogen-bond donors (Lipinski definition) is 1. The first-order valence-corrected chi connectivity index (χ1v) is 10.2. The maximum absolute atomic E-state index is 13.3. The highest BCUT2D eigenvalue weighted by atomic mass is 35.5. The number of carbonyl (C=O) groups excluding carboxylic acids is 1. The molecule has 2 N–H and O–H groups in total. The number of fused-ring (bicyclic) bond motifs is 2. The molecule has 3 atom stereocenters. The van der Waals surface area contributed by atoms with E-state index in [1.54, 1.807) is 0 Å². The van der Waals surface area contributed by atoms with Crippen LogP contribution in [0.25, 0.3) is 0 Å². The molecule has 1 heterocycles. The average Bonchev–Trinajstić information content (AvgIpc) is 3.04. The molecule has 1 aliphatic heterocycles. The molecule has 1 saturated heterocycles. The zero-order valence-corrected chi connectivity index (χ0v) is 16.7. The fraction of sp³-hybridized carbons (Fsp3) is 0.682. The predicted molar refractivity (Wildman–Crippen MR) is 108 cm³/mol. The lowest BCUT2D eigenvalue weighted by atomic mass is 9.65. The molecule has 3 fully saturated rings. The number of aryl methyl sites for hydroxylation is 1. The molecule has 1 aromatic rings. The van der Waals surface area contributed by atoms with Crippen molar-refractivity contribution in [1.29, 1.82) is 0 Å². The highest BCUT2D eigenvalue weighted by molar-refractivity contribution is 5.85. The molecule has 1 amide bonds. The van der Waals surface area contributed by atoms with Crippen LogP contribution in [0, 0.1) is 24.7 Å². The van der Waals surface area contributed by atoms with E-state index >= 15 is 0 Å². The van der Waals surface area contributed by atoms with Gasteiger partial charge in [0, 0.05) is 24.5 Å². The maximum atomic E-state index is 13.3. The number of carbonyl (C=O) groups is 1. The van der Waals surface area contributed by atoms with Crippen LogP contribution in [0.3, 0.4) is 0 Å². The number of nitrogens with two attached hydrogens (primary N) is 1. The third kappa shape index (κ3) is 3.94. The van der Waals surface area contributed by atoms with Crippen LogP contribution in [-0.4, -0.2) is 29.4 Å². The Kier molecular flexibility index (Phi) is 6.29. The third-order valence-electron chi connectivity index (χ3n) is 7.01. The fourth-order valence-electron chi connectivity index (χ4n) is 5.56. The van der Waals surface area contributed by atoms with Crippen molar-refractivity contribution < 1.29 is 4.79 Å². The second-order valence-electron chi connectivity index (χ2n) is 8.71. The minimum atomic E-state index is 0. The van der Waals surface area contributed by atoms with Gasteiger partial charge < -0.3 is 10.6 Å². The largest absolute Gasteiger partial charge is 0.339 e. The van der Waals surface area contributed by atoms with E-state index in [1.165, 1.54) is 30.4 Å². The van der Waals surface area contributed by atoms with Gasteiger partial charge in [-0.25, -0.2) is 0 Å². The lowest BCUT2D eigenvalue weighted by Crippen LogP contribution is -2.50. The first-order valence-electron chi connectivity index (χ1n) is 10.2. The van der Waals surface area contributed by atoms with Crippen LogP contribution in [0.2, 0.25) is 0 Å². The zero-order valence-electron chi connectivity index (χ0n) is 15.9. The highest BCUT2D eigenvalue weighted by Gasteiger charge is 2.43. The van der Waals surface area contributed by atoms with Gasteiger partial charge in [0.25, 0.3) is 0 Å². The van der Waals surface area contributed by atoms with Crippen LogP contribution < -0.4 is 5.73 Å². The first kappa shape index (κ1) is 19.7. The monoisotopic (exact) mass is 376 g/mol. The quantitative estimate of drug-likeness (QED) is 0.863. The number of likely N-dealkylation sites (tertiary alicyclic amines) is 1.